The van der Waals surface area contributed by atoms with E-state index < -0.39 is 0 Å². The van der Waals surface area contributed by atoms with E-state index in [2.05, 4.69) is 20.9 Å². The largest absolute Gasteiger partial charge is 0.467 e. The molecule has 3 N–H and O–H groups in total. The highest BCUT2D eigenvalue weighted by Gasteiger charge is 2.12. The number of urea groups is 1. The maximum Gasteiger partial charge on any atom is 0.319 e. The smallest absolute Gasteiger partial charge is 0.319 e. The van der Waals surface area contributed by atoms with Crippen LogP contribution in [0.3, 0.4) is 0 Å². The first-order chi connectivity index (χ1) is 14.6. The van der Waals surface area contributed by atoms with Gasteiger partial charge in [-0.3, -0.25) is 9.78 Å². The Labute approximate surface area is 173 Å². The van der Waals surface area contributed by atoms with Crippen molar-refractivity contribution in [1.29, 1.82) is 0 Å². The van der Waals surface area contributed by atoms with Gasteiger partial charge >= 0.3 is 6.03 Å². The number of aryl methyl sites for hydroxylation is 1. The van der Waals surface area contributed by atoms with Crippen molar-refractivity contribution in [2.45, 2.75) is 13.5 Å². The topological polar surface area (TPSA) is 96.3 Å². The minimum absolute atomic E-state index is 0.214. The molecular formula is C23H20N4O3. The van der Waals surface area contributed by atoms with Crippen LogP contribution in [0.15, 0.2) is 77.4 Å². The molecule has 30 heavy (non-hydrogen) atoms. The Morgan fingerprint density at radius 2 is 1.67 bits per heavy atom. The summed E-state index contributed by atoms with van der Waals surface area (Å²) in [6, 6.07) is 19.4. The summed E-state index contributed by atoms with van der Waals surface area (Å²) in [6.45, 7) is 2.16. The third kappa shape index (κ3) is 4.47. The molecule has 0 aliphatic heterocycles. The average molecular weight is 400 g/mol. The van der Waals surface area contributed by atoms with Crippen LogP contribution in [0.2, 0.25) is 0 Å². The number of pyridine rings is 1. The lowest BCUT2D eigenvalue weighted by molar-refractivity contribution is 0.102. The average Bonchev–Trinajstić information content (AvgIpc) is 3.27. The lowest BCUT2D eigenvalue weighted by Crippen LogP contribution is -2.27. The molecule has 0 bridgehead atoms. The molecule has 7 heteroatoms. The Bertz CT molecular complexity index is 1190. The minimum Gasteiger partial charge on any atom is -0.467 e. The van der Waals surface area contributed by atoms with E-state index in [1.54, 1.807) is 48.7 Å². The second kappa shape index (κ2) is 8.48. The fraction of sp³-hybridized carbons (Fsp3) is 0.0870. The van der Waals surface area contributed by atoms with E-state index in [1.165, 1.54) is 0 Å². The zero-order chi connectivity index (χ0) is 20.9. The molecule has 4 rings (SSSR count). The molecular weight excluding hydrogens is 380 g/mol. The maximum atomic E-state index is 12.8. The van der Waals surface area contributed by atoms with Crippen molar-refractivity contribution in [3.8, 4) is 0 Å². The van der Waals surface area contributed by atoms with E-state index in [0.717, 1.165) is 16.6 Å². The SMILES string of the molecule is Cc1cc(C(=O)Nc2ccc(NC(=O)NCc3ccco3)cc2)c2ccccc2n1. The van der Waals surface area contributed by atoms with Crippen LogP contribution in [-0.4, -0.2) is 16.9 Å². The van der Waals surface area contributed by atoms with Gasteiger partial charge in [-0.2, -0.15) is 0 Å². The molecule has 3 amide bonds. The Balaban J connectivity index is 1.40. The number of nitrogens with one attached hydrogen (secondary N) is 3. The summed E-state index contributed by atoms with van der Waals surface area (Å²) in [5, 5.41) is 9.13. The van der Waals surface area contributed by atoms with Crippen LogP contribution in [0.5, 0.6) is 0 Å². The van der Waals surface area contributed by atoms with E-state index in [-0.39, 0.29) is 11.9 Å². The number of carbonyl (C=O) groups excluding carboxylic acids is 2. The van der Waals surface area contributed by atoms with Gasteiger partial charge in [0.25, 0.3) is 5.91 Å². The van der Waals surface area contributed by atoms with Gasteiger partial charge in [0.05, 0.1) is 23.9 Å². The number of hydrogen-bond donors (Lipinski definition) is 3. The molecule has 2 heterocycles. The van der Waals surface area contributed by atoms with Crippen LogP contribution in [-0.2, 0) is 6.54 Å². The van der Waals surface area contributed by atoms with Crippen LogP contribution in [0.4, 0.5) is 16.2 Å². The molecule has 0 atom stereocenters. The maximum absolute atomic E-state index is 12.8. The molecule has 0 fully saturated rings. The summed E-state index contributed by atoms with van der Waals surface area (Å²) in [5.74, 6) is 0.454. The molecule has 0 radical (unpaired) electrons. The van der Waals surface area contributed by atoms with Gasteiger partial charge in [-0.1, -0.05) is 18.2 Å². The second-order valence-electron chi connectivity index (χ2n) is 6.75. The number of amides is 3. The Morgan fingerprint density at radius 1 is 0.933 bits per heavy atom. The number of benzene rings is 2. The van der Waals surface area contributed by atoms with E-state index >= 15 is 0 Å². The summed E-state index contributed by atoms with van der Waals surface area (Å²) >= 11 is 0. The summed E-state index contributed by atoms with van der Waals surface area (Å²) in [4.78, 5) is 29.2. The summed E-state index contributed by atoms with van der Waals surface area (Å²) < 4.78 is 5.17. The van der Waals surface area contributed by atoms with Gasteiger partial charge < -0.3 is 20.4 Å². The third-order valence-corrected chi connectivity index (χ3v) is 4.49. The Morgan fingerprint density at radius 3 is 2.40 bits per heavy atom. The highest BCUT2D eigenvalue weighted by Crippen LogP contribution is 2.20. The number of anilines is 2. The van der Waals surface area contributed by atoms with Gasteiger partial charge in [0.1, 0.15) is 5.76 Å². The fourth-order valence-electron chi connectivity index (χ4n) is 3.09. The van der Waals surface area contributed by atoms with Crippen molar-refractivity contribution >= 4 is 34.2 Å². The van der Waals surface area contributed by atoms with Crippen molar-refractivity contribution < 1.29 is 14.0 Å². The van der Waals surface area contributed by atoms with Crippen molar-refractivity contribution in [2.24, 2.45) is 0 Å². The zero-order valence-electron chi connectivity index (χ0n) is 16.3. The van der Waals surface area contributed by atoms with Gasteiger partial charge in [-0.05, 0) is 55.5 Å². The first-order valence-electron chi connectivity index (χ1n) is 9.43. The molecule has 0 unspecified atom stereocenters. The van der Waals surface area contributed by atoms with E-state index in [0.29, 0.717) is 29.2 Å². The fourth-order valence-corrected chi connectivity index (χ4v) is 3.09. The highest BCUT2D eigenvalue weighted by atomic mass is 16.3. The number of rotatable bonds is 5. The molecule has 0 spiro atoms. The van der Waals surface area contributed by atoms with Gasteiger partial charge in [0, 0.05) is 22.5 Å². The number of hydrogen-bond acceptors (Lipinski definition) is 4. The number of carbonyl (C=O) groups is 2. The second-order valence-corrected chi connectivity index (χ2v) is 6.75. The minimum atomic E-state index is -0.345. The van der Waals surface area contributed by atoms with E-state index in [1.807, 2.05) is 31.2 Å². The first kappa shape index (κ1) is 19.2. The predicted octanol–water partition coefficient (Wildman–Crippen LogP) is 4.71. The number of fused-ring (bicyclic) bond motifs is 1. The van der Waals surface area contributed by atoms with Crippen molar-refractivity contribution in [2.75, 3.05) is 10.6 Å². The highest BCUT2D eigenvalue weighted by molar-refractivity contribution is 6.12. The molecule has 0 aliphatic carbocycles. The molecule has 7 nitrogen and oxygen atoms in total. The molecule has 2 aromatic carbocycles. The van der Waals surface area contributed by atoms with Crippen LogP contribution in [0, 0.1) is 6.92 Å². The van der Waals surface area contributed by atoms with Gasteiger partial charge in [-0.15, -0.1) is 0 Å². The molecule has 0 saturated heterocycles. The van der Waals surface area contributed by atoms with Crippen LogP contribution >= 0.6 is 0 Å². The Kier molecular flexibility index (Phi) is 5.43. The van der Waals surface area contributed by atoms with Gasteiger partial charge in [-0.25, -0.2) is 4.79 Å². The number of nitrogens with zero attached hydrogens (tertiary/aromatic N) is 1. The van der Waals surface area contributed by atoms with E-state index in [9.17, 15) is 9.59 Å². The molecule has 150 valence electrons. The lowest BCUT2D eigenvalue weighted by Gasteiger charge is -2.10. The number of aromatic nitrogens is 1. The molecule has 4 aromatic rings. The summed E-state index contributed by atoms with van der Waals surface area (Å²) in [6.07, 6.45) is 1.55. The monoisotopic (exact) mass is 400 g/mol. The third-order valence-electron chi connectivity index (χ3n) is 4.49. The van der Waals surface area contributed by atoms with Crippen LogP contribution in [0.1, 0.15) is 21.8 Å². The van der Waals surface area contributed by atoms with Crippen LogP contribution < -0.4 is 16.0 Å². The summed E-state index contributed by atoms with van der Waals surface area (Å²) in [7, 11) is 0. The predicted molar refractivity (Wildman–Crippen MR) is 115 cm³/mol. The van der Waals surface area contributed by atoms with Crippen molar-refractivity contribution in [3.63, 3.8) is 0 Å². The number of para-hydroxylation sites is 1. The standard InChI is InChI=1S/C23H20N4O3/c1-15-13-20(19-6-2-3-7-21(19)25-15)22(28)26-16-8-10-17(11-9-16)27-23(29)24-14-18-5-4-12-30-18/h2-13H,14H2,1H3,(H,26,28)(H2,24,27,29). The summed E-state index contributed by atoms with van der Waals surface area (Å²) in [5.41, 5.74) is 3.36. The molecule has 0 aliphatic rings. The first-order valence-corrected chi connectivity index (χ1v) is 9.43. The molecule has 2 aromatic heterocycles. The lowest BCUT2D eigenvalue weighted by atomic mass is 10.1. The van der Waals surface area contributed by atoms with Crippen molar-refractivity contribution in [1.82, 2.24) is 10.3 Å². The zero-order valence-corrected chi connectivity index (χ0v) is 16.3. The number of furan rings is 1. The Hall–Kier alpha value is -4.13. The van der Waals surface area contributed by atoms with E-state index in [4.69, 9.17) is 4.42 Å². The van der Waals surface area contributed by atoms with Crippen LogP contribution in [0.25, 0.3) is 10.9 Å². The van der Waals surface area contributed by atoms with Gasteiger partial charge in [0.2, 0.25) is 0 Å². The molecule has 0 saturated carbocycles. The normalized spacial score (nSPS) is 10.6. The van der Waals surface area contributed by atoms with Gasteiger partial charge in [0.15, 0.2) is 0 Å². The van der Waals surface area contributed by atoms with Crippen molar-refractivity contribution in [3.05, 3.63) is 90.0 Å². The quantitative estimate of drug-likeness (QED) is 0.452.